The van der Waals surface area contributed by atoms with Crippen LogP contribution in [-0.4, -0.2) is 19.8 Å². The Morgan fingerprint density at radius 2 is 1.71 bits per heavy atom. The minimum atomic E-state index is -3.21. The molecule has 1 atom stereocenters. The van der Waals surface area contributed by atoms with Crippen molar-refractivity contribution in [1.29, 1.82) is 0 Å². The summed E-state index contributed by atoms with van der Waals surface area (Å²) in [5.74, 6) is 0. The van der Waals surface area contributed by atoms with E-state index < -0.39 is 15.4 Å². The van der Waals surface area contributed by atoms with Gasteiger partial charge in [-0.1, -0.05) is 54.6 Å². The van der Waals surface area contributed by atoms with E-state index in [0.717, 1.165) is 23.1 Å². The molecule has 0 aromatic heterocycles. The fraction of sp³-hybridized carbons (Fsp3) is 0.200. The zero-order valence-electron chi connectivity index (χ0n) is 13.5. The van der Waals surface area contributed by atoms with Gasteiger partial charge in [0.1, 0.15) is 5.60 Å². The van der Waals surface area contributed by atoms with Crippen LogP contribution in [0.3, 0.4) is 0 Å². The van der Waals surface area contributed by atoms with Gasteiger partial charge in [0.15, 0.2) is 9.84 Å². The number of sulfone groups is 1. The molecule has 1 unspecified atom stereocenters. The molecule has 3 nitrogen and oxygen atoms in total. The Bertz CT molecular complexity index is 878. The molecule has 0 bridgehead atoms. The summed E-state index contributed by atoms with van der Waals surface area (Å²) in [6, 6.07) is 16.2. The molecule has 3 rings (SSSR count). The van der Waals surface area contributed by atoms with E-state index in [1.807, 2.05) is 42.5 Å². The summed E-state index contributed by atoms with van der Waals surface area (Å²) in [5.41, 5.74) is 1.70. The zero-order chi connectivity index (χ0) is 17.2. The maximum Gasteiger partial charge on any atom is 0.175 e. The third-order valence-electron chi connectivity index (χ3n) is 4.21. The van der Waals surface area contributed by atoms with Gasteiger partial charge in [-0.3, -0.25) is 0 Å². The molecule has 0 spiro atoms. The molecule has 124 valence electrons. The van der Waals surface area contributed by atoms with E-state index in [1.165, 1.54) is 6.26 Å². The summed E-state index contributed by atoms with van der Waals surface area (Å²) in [5, 5.41) is 11.3. The molecular formula is C20H20O3S. The van der Waals surface area contributed by atoms with Crippen molar-refractivity contribution in [3.63, 3.8) is 0 Å². The van der Waals surface area contributed by atoms with Gasteiger partial charge in [0.05, 0.1) is 4.90 Å². The maximum absolute atomic E-state index is 11.6. The lowest BCUT2D eigenvalue weighted by Gasteiger charge is -2.28. The number of hydrogen-bond donors (Lipinski definition) is 1. The van der Waals surface area contributed by atoms with E-state index in [4.69, 9.17) is 0 Å². The van der Waals surface area contributed by atoms with E-state index in [-0.39, 0.29) is 4.90 Å². The Hall–Kier alpha value is -2.17. The topological polar surface area (TPSA) is 54.4 Å². The van der Waals surface area contributed by atoms with E-state index >= 15 is 0 Å². The van der Waals surface area contributed by atoms with Gasteiger partial charge in [-0.2, -0.15) is 0 Å². The molecular weight excluding hydrogens is 320 g/mol. The van der Waals surface area contributed by atoms with Crippen molar-refractivity contribution >= 4 is 9.84 Å². The second-order valence-corrected chi connectivity index (χ2v) is 8.22. The van der Waals surface area contributed by atoms with Gasteiger partial charge in [-0.05, 0) is 41.3 Å². The van der Waals surface area contributed by atoms with Gasteiger partial charge in [0.25, 0.3) is 0 Å². The number of hydrogen-bond acceptors (Lipinski definition) is 3. The molecule has 1 aliphatic carbocycles. The standard InChI is InChI=1S/C20H20O3S/c1-24(22,23)19-12-10-17(11-13-19)15-20(21,14-16-6-5-7-16)18-8-3-2-4-9-18/h2-6,8-14,21H,7,15H2,1H3. The molecule has 0 fully saturated rings. The normalized spacial score (nSPS) is 18.2. The highest BCUT2D eigenvalue weighted by atomic mass is 32.2. The first-order valence-electron chi connectivity index (χ1n) is 7.82. The van der Waals surface area contributed by atoms with Crippen LogP contribution in [0.2, 0.25) is 0 Å². The first-order valence-corrected chi connectivity index (χ1v) is 9.71. The first-order chi connectivity index (χ1) is 11.4. The summed E-state index contributed by atoms with van der Waals surface area (Å²) in [6.45, 7) is 0. The zero-order valence-corrected chi connectivity index (χ0v) is 14.3. The van der Waals surface area contributed by atoms with Crippen LogP contribution in [-0.2, 0) is 21.9 Å². The highest BCUT2D eigenvalue weighted by Gasteiger charge is 2.28. The van der Waals surface area contributed by atoms with Crippen LogP contribution < -0.4 is 0 Å². The number of allylic oxidation sites excluding steroid dienone is 3. The molecule has 1 N–H and O–H groups in total. The Balaban J connectivity index is 1.94. The summed E-state index contributed by atoms with van der Waals surface area (Å²) in [7, 11) is -3.21. The van der Waals surface area contributed by atoms with Crippen LogP contribution in [0.25, 0.3) is 0 Å². The molecule has 1 aliphatic rings. The van der Waals surface area contributed by atoms with Gasteiger partial charge in [-0.25, -0.2) is 8.42 Å². The summed E-state index contributed by atoms with van der Waals surface area (Å²) >= 11 is 0. The first kappa shape index (κ1) is 16.7. The lowest BCUT2D eigenvalue weighted by Crippen LogP contribution is -2.27. The van der Waals surface area contributed by atoms with Crippen molar-refractivity contribution in [3.05, 3.63) is 89.5 Å². The number of benzene rings is 2. The largest absolute Gasteiger partial charge is 0.381 e. The monoisotopic (exact) mass is 340 g/mol. The molecule has 2 aromatic rings. The van der Waals surface area contributed by atoms with Gasteiger partial charge in [-0.15, -0.1) is 0 Å². The Kier molecular flexibility index (Phi) is 4.43. The summed E-state index contributed by atoms with van der Waals surface area (Å²) < 4.78 is 23.2. The second-order valence-electron chi connectivity index (χ2n) is 6.21. The predicted octanol–water partition coefficient (Wildman–Crippen LogP) is 3.41. The van der Waals surface area contributed by atoms with Crippen molar-refractivity contribution in [1.82, 2.24) is 0 Å². The third kappa shape index (κ3) is 3.66. The predicted molar refractivity (Wildman–Crippen MR) is 95.4 cm³/mol. The third-order valence-corrected chi connectivity index (χ3v) is 5.34. The van der Waals surface area contributed by atoms with Gasteiger partial charge < -0.3 is 5.11 Å². The minimum Gasteiger partial charge on any atom is -0.381 e. The number of aliphatic hydroxyl groups is 1. The minimum absolute atomic E-state index is 0.287. The van der Waals surface area contributed by atoms with Crippen LogP contribution in [0.15, 0.2) is 83.3 Å². The smallest absolute Gasteiger partial charge is 0.175 e. The molecule has 2 aromatic carbocycles. The maximum atomic E-state index is 11.6. The lowest BCUT2D eigenvalue weighted by atomic mass is 9.83. The highest BCUT2D eigenvalue weighted by Crippen LogP contribution is 2.31. The van der Waals surface area contributed by atoms with E-state index in [2.05, 4.69) is 6.08 Å². The Morgan fingerprint density at radius 3 is 2.21 bits per heavy atom. The Morgan fingerprint density at radius 1 is 1.08 bits per heavy atom. The van der Waals surface area contributed by atoms with Gasteiger partial charge in [0, 0.05) is 12.7 Å². The van der Waals surface area contributed by atoms with Crippen LogP contribution in [0, 0.1) is 0 Å². The van der Waals surface area contributed by atoms with Crippen LogP contribution in [0.4, 0.5) is 0 Å². The highest BCUT2D eigenvalue weighted by molar-refractivity contribution is 7.90. The second kappa shape index (κ2) is 6.38. The van der Waals surface area contributed by atoms with Crippen LogP contribution in [0.5, 0.6) is 0 Å². The fourth-order valence-electron chi connectivity index (χ4n) is 2.80. The molecule has 24 heavy (non-hydrogen) atoms. The van der Waals surface area contributed by atoms with E-state index in [0.29, 0.717) is 6.42 Å². The number of rotatable bonds is 5. The summed E-state index contributed by atoms with van der Waals surface area (Å²) in [6.07, 6.45) is 8.39. The van der Waals surface area contributed by atoms with Crippen LogP contribution >= 0.6 is 0 Å². The molecule has 0 aliphatic heterocycles. The molecule has 4 heteroatoms. The quantitative estimate of drug-likeness (QED) is 0.907. The van der Waals surface area contributed by atoms with Gasteiger partial charge >= 0.3 is 0 Å². The van der Waals surface area contributed by atoms with Crippen molar-refractivity contribution in [2.24, 2.45) is 0 Å². The van der Waals surface area contributed by atoms with Gasteiger partial charge in [0.2, 0.25) is 0 Å². The Labute approximate surface area is 142 Å². The van der Waals surface area contributed by atoms with Crippen molar-refractivity contribution in [2.75, 3.05) is 6.26 Å². The van der Waals surface area contributed by atoms with Crippen molar-refractivity contribution in [3.8, 4) is 0 Å². The average molecular weight is 340 g/mol. The van der Waals surface area contributed by atoms with E-state index in [9.17, 15) is 13.5 Å². The summed E-state index contributed by atoms with van der Waals surface area (Å²) in [4.78, 5) is 0.287. The van der Waals surface area contributed by atoms with Crippen molar-refractivity contribution < 1.29 is 13.5 Å². The molecule has 0 saturated carbocycles. The SMILES string of the molecule is CS(=O)(=O)c1ccc(CC(O)(C=C2C=CC2)c2ccccc2)cc1. The van der Waals surface area contributed by atoms with E-state index in [1.54, 1.807) is 24.3 Å². The average Bonchev–Trinajstić information content (AvgIpc) is 2.52. The fourth-order valence-corrected chi connectivity index (χ4v) is 3.43. The molecule has 0 radical (unpaired) electrons. The molecule has 0 saturated heterocycles. The van der Waals surface area contributed by atoms with Crippen molar-refractivity contribution in [2.45, 2.75) is 23.3 Å². The lowest BCUT2D eigenvalue weighted by molar-refractivity contribution is 0.0889. The van der Waals surface area contributed by atoms with Crippen LogP contribution in [0.1, 0.15) is 17.5 Å². The molecule has 0 heterocycles. The molecule has 0 amide bonds.